The monoisotopic (exact) mass is 319 g/mol. The summed E-state index contributed by atoms with van der Waals surface area (Å²) in [6.07, 6.45) is 0. The molecule has 7 nitrogen and oxygen atoms in total. The van der Waals surface area contributed by atoms with Gasteiger partial charge in [-0.3, -0.25) is 14.5 Å². The summed E-state index contributed by atoms with van der Waals surface area (Å²) in [5.41, 5.74) is 0.311. The van der Waals surface area contributed by atoms with E-state index in [1.165, 1.54) is 23.1 Å². The average molecular weight is 319 g/mol. The van der Waals surface area contributed by atoms with Crippen molar-refractivity contribution in [1.29, 1.82) is 15.8 Å². The van der Waals surface area contributed by atoms with Gasteiger partial charge in [0, 0.05) is 12.2 Å². The van der Waals surface area contributed by atoms with Crippen LogP contribution in [0.4, 0.5) is 5.69 Å². The standard InChI is InChI=1S/C17H13N5O2/c1-10(2)9-22-16(23)13-4-3-12(5-14(13)17(22)24)21-15(8-20)11(6-18)7-19/h3-5,10,21H,9H2,1-2H3. The first-order valence-electron chi connectivity index (χ1n) is 7.14. The molecule has 0 radical (unpaired) electrons. The third-order valence-corrected chi connectivity index (χ3v) is 3.37. The first-order chi connectivity index (χ1) is 11.4. The number of amides is 2. The first-order valence-corrected chi connectivity index (χ1v) is 7.14. The normalized spacial score (nSPS) is 12.2. The van der Waals surface area contributed by atoms with Gasteiger partial charge in [0.1, 0.15) is 23.9 Å². The molecular formula is C17H13N5O2. The minimum absolute atomic E-state index is 0.145. The molecule has 0 unspecified atom stereocenters. The van der Waals surface area contributed by atoms with Crippen LogP contribution in [-0.4, -0.2) is 23.3 Å². The van der Waals surface area contributed by atoms with Crippen molar-refractivity contribution in [3.8, 4) is 18.2 Å². The summed E-state index contributed by atoms with van der Waals surface area (Å²) in [7, 11) is 0. The number of nitriles is 3. The molecule has 7 heteroatoms. The SMILES string of the molecule is CC(C)CN1C(=O)c2ccc(NC(C#N)=C(C#N)C#N)cc2C1=O. The van der Waals surface area contributed by atoms with Crippen LogP contribution in [-0.2, 0) is 0 Å². The summed E-state index contributed by atoms with van der Waals surface area (Å²) >= 11 is 0. The fourth-order valence-electron chi connectivity index (χ4n) is 2.33. The number of hydrogen-bond acceptors (Lipinski definition) is 6. The summed E-state index contributed by atoms with van der Waals surface area (Å²) in [5, 5.41) is 29.3. The van der Waals surface area contributed by atoms with Crippen LogP contribution in [0.1, 0.15) is 34.6 Å². The van der Waals surface area contributed by atoms with Gasteiger partial charge < -0.3 is 5.32 Å². The number of hydrogen-bond donors (Lipinski definition) is 1. The number of allylic oxidation sites excluding steroid dienone is 2. The van der Waals surface area contributed by atoms with Crippen molar-refractivity contribution in [2.45, 2.75) is 13.8 Å². The number of anilines is 1. The molecule has 0 fully saturated rings. The predicted molar refractivity (Wildman–Crippen MR) is 84.1 cm³/mol. The third-order valence-electron chi connectivity index (χ3n) is 3.37. The number of nitrogens with zero attached hydrogens (tertiary/aromatic N) is 4. The van der Waals surface area contributed by atoms with Crippen molar-refractivity contribution in [1.82, 2.24) is 4.90 Å². The molecule has 0 aromatic heterocycles. The van der Waals surface area contributed by atoms with E-state index < -0.39 is 5.91 Å². The van der Waals surface area contributed by atoms with Gasteiger partial charge in [0.2, 0.25) is 0 Å². The number of fused-ring (bicyclic) bond motifs is 1. The highest BCUT2D eigenvalue weighted by molar-refractivity contribution is 6.21. The highest BCUT2D eigenvalue weighted by atomic mass is 16.2. The maximum atomic E-state index is 12.4. The van der Waals surface area contributed by atoms with Gasteiger partial charge in [-0.05, 0) is 24.1 Å². The highest BCUT2D eigenvalue weighted by Gasteiger charge is 2.35. The summed E-state index contributed by atoms with van der Waals surface area (Å²) in [4.78, 5) is 25.9. The van der Waals surface area contributed by atoms with Gasteiger partial charge in [-0.15, -0.1) is 0 Å². The van der Waals surface area contributed by atoms with Crippen molar-refractivity contribution >= 4 is 17.5 Å². The zero-order valence-electron chi connectivity index (χ0n) is 13.1. The van der Waals surface area contributed by atoms with E-state index in [0.29, 0.717) is 17.8 Å². The number of carbonyl (C=O) groups excluding carboxylic acids is 2. The molecule has 1 aliphatic rings. The van der Waals surface area contributed by atoms with Gasteiger partial charge in [-0.1, -0.05) is 13.8 Å². The van der Waals surface area contributed by atoms with Gasteiger partial charge in [0.05, 0.1) is 11.1 Å². The van der Waals surface area contributed by atoms with Crippen LogP contribution < -0.4 is 5.32 Å². The minimum atomic E-state index is -0.393. The topological polar surface area (TPSA) is 121 Å². The largest absolute Gasteiger partial charge is 0.345 e. The lowest BCUT2D eigenvalue weighted by Gasteiger charge is -2.15. The number of benzene rings is 1. The van der Waals surface area contributed by atoms with Gasteiger partial charge in [0.15, 0.2) is 5.57 Å². The average Bonchev–Trinajstić information content (AvgIpc) is 2.79. The molecule has 24 heavy (non-hydrogen) atoms. The summed E-state index contributed by atoms with van der Waals surface area (Å²) < 4.78 is 0. The van der Waals surface area contributed by atoms with Crippen LogP contribution in [0.3, 0.4) is 0 Å². The second-order valence-corrected chi connectivity index (χ2v) is 5.59. The van der Waals surface area contributed by atoms with Gasteiger partial charge in [0.25, 0.3) is 11.8 Å². The van der Waals surface area contributed by atoms with Crippen LogP contribution in [0.25, 0.3) is 0 Å². The van der Waals surface area contributed by atoms with Crippen LogP contribution in [0.2, 0.25) is 0 Å². The molecule has 1 aromatic rings. The fourth-order valence-corrected chi connectivity index (χ4v) is 2.33. The van der Waals surface area contributed by atoms with E-state index in [1.54, 1.807) is 18.2 Å². The Kier molecular flexibility index (Phi) is 4.63. The van der Waals surface area contributed by atoms with Crippen LogP contribution >= 0.6 is 0 Å². The molecule has 0 saturated heterocycles. The fraction of sp³-hybridized carbons (Fsp3) is 0.235. The highest BCUT2D eigenvalue weighted by Crippen LogP contribution is 2.27. The van der Waals surface area contributed by atoms with E-state index in [4.69, 9.17) is 15.8 Å². The van der Waals surface area contributed by atoms with E-state index in [-0.39, 0.29) is 28.7 Å². The maximum absolute atomic E-state index is 12.4. The number of imide groups is 1. The van der Waals surface area contributed by atoms with Crippen molar-refractivity contribution in [3.05, 3.63) is 40.6 Å². The van der Waals surface area contributed by atoms with E-state index in [9.17, 15) is 9.59 Å². The van der Waals surface area contributed by atoms with Crippen LogP contribution in [0, 0.1) is 39.9 Å². The Morgan fingerprint density at radius 2 is 1.71 bits per heavy atom. The molecule has 0 spiro atoms. The van der Waals surface area contributed by atoms with Crippen LogP contribution in [0.5, 0.6) is 0 Å². The lowest BCUT2D eigenvalue weighted by molar-refractivity contribution is 0.0636. The first kappa shape index (κ1) is 16.7. The number of nitrogens with one attached hydrogen (secondary N) is 1. The molecule has 1 heterocycles. The molecule has 0 atom stereocenters. The molecule has 2 amide bonds. The van der Waals surface area contributed by atoms with Crippen molar-refractivity contribution in [3.63, 3.8) is 0 Å². The van der Waals surface area contributed by atoms with Gasteiger partial charge >= 0.3 is 0 Å². The smallest absolute Gasteiger partial charge is 0.261 e. The Labute approximate surface area is 139 Å². The maximum Gasteiger partial charge on any atom is 0.261 e. The summed E-state index contributed by atoms with van der Waals surface area (Å²) in [5.74, 6) is -0.594. The van der Waals surface area contributed by atoms with Crippen molar-refractivity contribution < 1.29 is 9.59 Å². The van der Waals surface area contributed by atoms with Crippen molar-refractivity contribution in [2.24, 2.45) is 5.92 Å². The van der Waals surface area contributed by atoms with Crippen LogP contribution in [0.15, 0.2) is 29.5 Å². The molecule has 0 saturated carbocycles. The van der Waals surface area contributed by atoms with E-state index >= 15 is 0 Å². The third kappa shape index (κ3) is 2.95. The summed E-state index contributed by atoms with van der Waals surface area (Å²) in [6.45, 7) is 4.14. The van der Waals surface area contributed by atoms with Gasteiger partial charge in [-0.2, -0.15) is 15.8 Å². The minimum Gasteiger partial charge on any atom is -0.345 e. The molecule has 0 aliphatic carbocycles. The molecule has 1 N–H and O–H groups in total. The Balaban J connectivity index is 2.38. The van der Waals surface area contributed by atoms with E-state index in [1.807, 2.05) is 13.8 Å². The van der Waals surface area contributed by atoms with Gasteiger partial charge in [-0.25, -0.2) is 0 Å². The van der Waals surface area contributed by atoms with E-state index in [2.05, 4.69) is 5.32 Å². The number of carbonyl (C=O) groups is 2. The Bertz CT molecular complexity index is 862. The molecule has 118 valence electrons. The Morgan fingerprint density at radius 1 is 1.08 bits per heavy atom. The predicted octanol–water partition coefficient (Wildman–Crippen LogP) is 2.18. The molecule has 1 aliphatic heterocycles. The second kappa shape index (κ2) is 6.64. The molecular weight excluding hydrogens is 306 g/mol. The Hall–Kier alpha value is -3.63. The zero-order chi connectivity index (χ0) is 17.9. The summed E-state index contributed by atoms with van der Waals surface area (Å²) in [6, 6.07) is 9.44. The molecule has 1 aromatic carbocycles. The second-order valence-electron chi connectivity index (χ2n) is 5.59. The van der Waals surface area contributed by atoms with E-state index in [0.717, 1.165) is 0 Å². The van der Waals surface area contributed by atoms with Crippen molar-refractivity contribution in [2.75, 3.05) is 11.9 Å². The number of rotatable bonds is 4. The lowest BCUT2D eigenvalue weighted by Crippen LogP contribution is -2.33. The molecule has 2 rings (SSSR count). The quantitative estimate of drug-likeness (QED) is 0.670. The molecule has 0 bridgehead atoms. The zero-order valence-corrected chi connectivity index (χ0v) is 13.1. The lowest BCUT2D eigenvalue weighted by atomic mass is 10.1. The Morgan fingerprint density at radius 3 is 2.25 bits per heavy atom.